The minimum absolute atomic E-state index is 0.598. The molecule has 1 heterocycles. The van der Waals surface area contributed by atoms with Crippen LogP contribution >= 0.6 is 0 Å². The number of guanidine groups is 1. The molecule has 2 N–H and O–H groups in total. The Hall–Kier alpha value is -1.95. The topological polar surface area (TPSA) is 58.1 Å². The van der Waals surface area contributed by atoms with Crippen LogP contribution in [0.1, 0.15) is 6.42 Å². The molecule has 6 nitrogen and oxygen atoms in total. The van der Waals surface area contributed by atoms with Crippen molar-refractivity contribution in [2.45, 2.75) is 6.42 Å². The van der Waals surface area contributed by atoms with Crippen LogP contribution < -0.4 is 20.3 Å². The van der Waals surface area contributed by atoms with Gasteiger partial charge >= 0.3 is 0 Å². The molecular weight excluding hydrogens is 292 g/mol. The molecule has 0 radical (unpaired) electrons. The second-order valence-corrected chi connectivity index (χ2v) is 5.65. The SMILES string of the molecule is CN=C(NCCOC)NCC1CCN(c2ccccc2OC)C1. The van der Waals surface area contributed by atoms with Gasteiger partial charge in [0, 0.05) is 40.3 Å². The van der Waals surface area contributed by atoms with E-state index < -0.39 is 0 Å². The third kappa shape index (κ3) is 5.03. The van der Waals surface area contributed by atoms with E-state index >= 15 is 0 Å². The average molecular weight is 320 g/mol. The van der Waals surface area contributed by atoms with Crippen LogP contribution in [-0.4, -0.2) is 60.0 Å². The van der Waals surface area contributed by atoms with Gasteiger partial charge in [0.25, 0.3) is 0 Å². The Balaban J connectivity index is 1.81. The van der Waals surface area contributed by atoms with Crippen LogP contribution in [0.5, 0.6) is 5.75 Å². The standard InChI is InChI=1S/C17H28N4O2/c1-18-17(19-9-11-22-2)20-12-14-8-10-21(13-14)15-6-4-5-7-16(15)23-3/h4-7,14H,8-13H2,1-3H3,(H2,18,19,20). The van der Waals surface area contributed by atoms with Crippen molar-refractivity contribution in [2.75, 3.05) is 59.0 Å². The van der Waals surface area contributed by atoms with Gasteiger partial charge in [-0.05, 0) is 24.5 Å². The Morgan fingerprint density at radius 2 is 2.13 bits per heavy atom. The van der Waals surface area contributed by atoms with Gasteiger partial charge in [0.1, 0.15) is 5.75 Å². The molecule has 0 bridgehead atoms. The van der Waals surface area contributed by atoms with E-state index in [1.165, 1.54) is 12.1 Å². The predicted molar refractivity (Wildman–Crippen MR) is 94.6 cm³/mol. The van der Waals surface area contributed by atoms with Crippen molar-refractivity contribution < 1.29 is 9.47 Å². The molecule has 128 valence electrons. The maximum absolute atomic E-state index is 5.47. The molecule has 1 atom stereocenters. The van der Waals surface area contributed by atoms with Gasteiger partial charge in [-0.25, -0.2) is 0 Å². The first kappa shape index (κ1) is 17.4. The molecule has 0 aromatic heterocycles. The summed E-state index contributed by atoms with van der Waals surface area (Å²) in [5.41, 5.74) is 1.18. The average Bonchev–Trinajstić information content (AvgIpc) is 3.06. The highest BCUT2D eigenvalue weighted by Crippen LogP contribution is 2.31. The molecule has 1 aliphatic rings. The number of ether oxygens (including phenoxy) is 2. The molecule has 0 amide bonds. The number of rotatable bonds is 7. The summed E-state index contributed by atoms with van der Waals surface area (Å²) in [6, 6.07) is 8.21. The Labute approximate surface area is 138 Å². The van der Waals surface area contributed by atoms with Crippen molar-refractivity contribution in [3.8, 4) is 5.75 Å². The van der Waals surface area contributed by atoms with Gasteiger partial charge in [-0.2, -0.15) is 0 Å². The Morgan fingerprint density at radius 3 is 2.87 bits per heavy atom. The Kier molecular flexibility index (Phi) is 7.00. The van der Waals surface area contributed by atoms with E-state index in [0.717, 1.165) is 37.9 Å². The number of aliphatic imine (C=N–C) groups is 1. The predicted octanol–water partition coefficient (Wildman–Crippen LogP) is 1.33. The molecule has 0 spiro atoms. The number of hydrogen-bond donors (Lipinski definition) is 2. The third-order valence-electron chi connectivity index (χ3n) is 4.09. The van der Waals surface area contributed by atoms with Gasteiger partial charge in [0.2, 0.25) is 0 Å². The van der Waals surface area contributed by atoms with Crippen molar-refractivity contribution in [2.24, 2.45) is 10.9 Å². The number of para-hydroxylation sites is 2. The zero-order valence-corrected chi connectivity index (χ0v) is 14.3. The number of nitrogens with zero attached hydrogens (tertiary/aromatic N) is 2. The minimum atomic E-state index is 0.598. The lowest BCUT2D eigenvalue weighted by molar-refractivity contribution is 0.203. The zero-order valence-electron chi connectivity index (χ0n) is 14.3. The van der Waals surface area contributed by atoms with E-state index in [0.29, 0.717) is 12.5 Å². The highest BCUT2D eigenvalue weighted by Gasteiger charge is 2.24. The number of methoxy groups -OCH3 is 2. The molecule has 0 aliphatic carbocycles. The van der Waals surface area contributed by atoms with E-state index in [2.05, 4.69) is 32.7 Å². The van der Waals surface area contributed by atoms with E-state index in [4.69, 9.17) is 9.47 Å². The first-order valence-corrected chi connectivity index (χ1v) is 8.10. The number of anilines is 1. The first-order valence-electron chi connectivity index (χ1n) is 8.10. The van der Waals surface area contributed by atoms with E-state index in [1.807, 2.05) is 12.1 Å². The van der Waals surface area contributed by atoms with Crippen LogP contribution in [0.15, 0.2) is 29.3 Å². The summed E-state index contributed by atoms with van der Waals surface area (Å²) in [7, 11) is 5.21. The van der Waals surface area contributed by atoms with Crippen LogP contribution in [0.2, 0.25) is 0 Å². The van der Waals surface area contributed by atoms with Crippen molar-refractivity contribution in [1.82, 2.24) is 10.6 Å². The summed E-state index contributed by atoms with van der Waals surface area (Å²) in [5, 5.41) is 6.63. The fraction of sp³-hybridized carbons (Fsp3) is 0.588. The van der Waals surface area contributed by atoms with E-state index in [1.54, 1.807) is 21.3 Å². The summed E-state index contributed by atoms with van der Waals surface area (Å²) in [4.78, 5) is 6.63. The normalized spacial score (nSPS) is 18.1. The van der Waals surface area contributed by atoms with Gasteiger partial charge in [-0.15, -0.1) is 0 Å². The van der Waals surface area contributed by atoms with E-state index in [-0.39, 0.29) is 0 Å². The second kappa shape index (κ2) is 9.25. The summed E-state index contributed by atoms with van der Waals surface area (Å²) < 4.78 is 10.5. The van der Waals surface area contributed by atoms with Crippen LogP contribution in [0, 0.1) is 5.92 Å². The van der Waals surface area contributed by atoms with Gasteiger partial charge in [0.15, 0.2) is 5.96 Å². The smallest absolute Gasteiger partial charge is 0.191 e. The largest absolute Gasteiger partial charge is 0.495 e. The molecule has 23 heavy (non-hydrogen) atoms. The fourth-order valence-corrected chi connectivity index (χ4v) is 2.84. The molecule has 1 aliphatic heterocycles. The van der Waals surface area contributed by atoms with Crippen LogP contribution in [0.4, 0.5) is 5.69 Å². The second-order valence-electron chi connectivity index (χ2n) is 5.65. The van der Waals surface area contributed by atoms with Crippen LogP contribution in [0.3, 0.4) is 0 Å². The lowest BCUT2D eigenvalue weighted by Gasteiger charge is -2.21. The molecule has 1 fully saturated rings. The maximum atomic E-state index is 5.47. The van der Waals surface area contributed by atoms with Gasteiger partial charge in [-0.3, -0.25) is 4.99 Å². The van der Waals surface area contributed by atoms with Crippen LogP contribution in [-0.2, 0) is 4.74 Å². The fourth-order valence-electron chi connectivity index (χ4n) is 2.84. The molecule has 1 aromatic carbocycles. The monoisotopic (exact) mass is 320 g/mol. The summed E-state index contributed by atoms with van der Waals surface area (Å²) in [6.07, 6.45) is 1.17. The van der Waals surface area contributed by atoms with Gasteiger partial charge in [-0.1, -0.05) is 12.1 Å². The summed E-state index contributed by atoms with van der Waals surface area (Å²) in [6.45, 7) is 4.43. The lowest BCUT2D eigenvalue weighted by Crippen LogP contribution is -2.41. The Morgan fingerprint density at radius 1 is 1.30 bits per heavy atom. The molecular formula is C17H28N4O2. The molecule has 1 unspecified atom stereocenters. The molecule has 1 saturated heterocycles. The number of benzene rings is 1. The van der Waals surface area contributed by atoms with E-state index in [9.17, 15) is 0 Å². The highest BCUT2D eigenvalue weighted by atomic mass is 16.5. The van der Waals surface area contributed by atoms with Crippen molar-refractivity contribution in [3.63, 3.8) is 0 Å². The number of nitrogens with one attached hydrogen (secondary N) is 2. The molecule has 2 rings (SSSR count). The van der Waals surface area contributed by atoms with Crippen molar-refractivity contribution in [1.29, 1.82) is 0 Å². The quantitative estimate of drug-likeness (QED) is 0.451. The van der Waals surface area contributed by atoms with Crippen molar-refractivity contribution >= 4 is 11.6 Å². The summed E-state index contributed by atoms with van der Waals surface area (Å²) >= 11 is 0. The summed E-state index contributed by atoms with van der Waals surface area (Å²) in [5.74, 6) is 2.37. The molecule has 1 aromatic rings. The Bertz CT molecular complexity index is 507. The van der Waals surface area contributed by atoms with Crippen LogP contribution in [0.25, 0.3) is 0 Å². The molecule has 0 saturated carbocycles. The lowest BCUT2D eigenvalue weighted by atomic mass is 10.1. The minimum Gasteiger partial charge on any atom is -0.495 e. The maximum Gasteiger partial charge on any atom is 0.191 e. The third-order valence-corrected chi connectivity index (χ3v) is 4.09. The van der Waals surface area contributed by atoms with Gasteiger partial charge < -0.3 is 25.0 Å². The number of hydrogen-bond acceptors (Lipinski definition) is 4. The highest BCUT2D eigenvalue weighted by molar-refractivity contribution is 5.79. The zero-order chi connectivity index (χ0) is 16.5. The first-order chi connectivity index (χ1) is 11.3. The van der Waals surface area contributed by atoms with Gasteiger partial charge in [0.05, 0.1) is 19.4 Å². The van der Waals surface area contributed by atoms with Crippen molar-refractivity contribution in [3.05, 3.63) is 24.3 Å². The molecule has 6 heteroatoms.